The molecule has 0 bridgehead atoms. The number of thiazole rings is 1. The Balaban J connectivity index is 0.00000225. The molecule has 0 radical (unpaired) electrons. The first-order valence-corrected chi connectivity index (χ1v) is 10.8. The molecule has 138 valence electrons. The summed E-state index contributed by atoms with van der Waals surface area (Å²) in [6, 6.07) is 10.8. The van der Waals surface area contributed by atoms with E-state index < -0.39 is 0 Å². The highest BCUT2D eigenvalue weighted by Crippen LogP contribution is 2.19. The van der Waals surface area contributed by atoms with Crippen LogP contribution < -0.4 is 5.32 Å². The number of nitrogens with one attached hydrogen (secondary N) is 1. The SMILES string of the molecule is Cc1ncsc1CN(CCSCc1ccccc1)CC1CCNC1.Cl. The van der Waals surface area contributed by atoms with Crippen LogP contribution in [-0.4, -0.2) is 41.8 Å². The molecule has 25 heavy (non-hydrogen) atoms. The number of aryl methyl sites for hydroxylation is 1. The van der Waals surface area contributed by atoms with Gasteiger partial charge in [-0.15, -0.1) is 23.7 Å². The summed E-state index contributed by atoms with van der Waals surface area (Å²) in [6.07, 6.45) is 1.31. The van der Waals surface area contributed by atoms with Crippen LogP contribution in [0.3, 0.4) is 0 Å². The lowest BCUT2D eigenvalue weighted by atomic mass is 10.1. The van der Waals surface area contributed by atoms with Gasteiger partial charge in [0.2, 0.25) is 0 Å². The first-order valence-electron chi connectivity index (χ1n) is 8.75. The second kappa shape index (κ2) is 11.2. The van der Waals surface area contributed by atoms with Gasteiger partial charge in [-0.25, -0.2) is 4.98 Å². The molecule has 1 aliphatic rings. The van der Waals surface area contributed by atoms with E-state index in [9.17, 15) is 0 Å². The zero-order valence-electron chi connectivity index (χ0n) is 14.8. The van der Waals surface area contributed by atoms with Crippen molar-refractivity contribution in [2.24, 2.45) is 5.92 Å². The van der Waals surface area contributed by atoms with Gasteiger partial charge in [0.25, 0.3) is 0 Å². The van der Waals surface area contributed by atoms with Crippen molar-refractivity contribution < 1.29 is 0 Å². The highest BCUT2D eigenvalue weighted by molar-refractivity contribution is 7.98. The molecule has 1 saturated heterocycles. The lowest BCUT2D eigenvalue weighted by Crippen LogP contribution is -2.32. The van der Waals surface area contributed by atoms with Crippen LogP contribution in [0.15, 0.2) is 35.8 Å². The van der Waals surface area contributed by atoms with E-state index in [1.165, 1.54) is 47.9 Å². The molecule has 1 unspecified atom stereocenters. The number of hydrogen-bond donors (Lipinski definition) is 1. The average Bonchev–Trinajstić information content (AvgIpc) is 3.25. The van der Waals surface area contributed by atoms with Crippen LogP contribution in [0.5, 0.6) is 0 Å². The lowest BCUT2D eigenvalue weighted by Gasteiger charge is -2.24. The molecule has 0 aliphatic carbocycles. The lowest BCUT2D eigenvalue weighted by molar-refractivity contribution is 0.244. The average molecular weight is 398 g/mol. The summed E-state index contributed by atoms with van der Waals surface area (Å²) in [5, 5.41) is 3.50. The summed E-state index contributed by atoms with van der Waals surface area (Å²) in [5.41, 5.74) is 4.60. The quantitative estimate of drug-likeness (QED) is 0.641. The fourth-order valence-electron chi connectivity index (χ4n) is 3.11. The molecule has 1 N–H and O–H groups in total. The Morgan fingerprint density at radius 1 is 1.32 bits per heavy atom. The van der Waals surface area contributed by atoms with Crippen LogP contribution in [0.2, 0.25) is 0 Å². The molecular weight excluding hydrogens is 370 g/mol. The van der Waals surface area contributed by atoms with Crippen molar-refractivity contribution in [3.8, 4) is 0 Å². The molecule has 0 spiro atoms. The van der Waals surface area contributed by atoms with Crippen LogP contribution in [0, 0.1) is 12.8 Å². The van der Waals surface area contributed by atoms with Crippen molar-refractivity contribution in [3.63, 3.8) is 0 Å². The van der Waals surface area contributed by atoms with Gasteiger partial charge in [-0.05, 0) is 37.9 Å². The third-order valence-electron chi connectivity index (χ3n) is 4.55. The summed E-state index contributed by atoms with van der Waals surface area (Å²) >= 11 is 3.84. The highest BCUT2D eigenvalue weighted by atomic mass is 35.5. The zero-order chi connectivity index (χ0) is 16.6. The van der Waals surface area contributed by atoms with Crippen LogP contribution in [0.1, 0.15) is 22.6 Å². The topological polar surface area (TPSA) is 28.2 Å². The molecule has 1 fully saturated rings. The van der Waals surface area contributed by atoms with E-state index in [0.717, 1.165) is 24.8 Å². The summed E-state index contributed by atoms with van der Waals surface area (Å²) in [7, 11) is 0. The Labute approximate surface area is 166 Å². The Bertz CT molecular complexity index is 600. The summed E-state index contributed by atoms with van der Waals surface area (Å²) in [4.78, 5) is 8.47. The molecule has 0 saturated carbocycles. The van der Waals surface area contributed by atoms with Gasteiger partial charge in [0.1, 0.15) is 0 Å². The monoisotopic (exact) mass is 397 g/mol. The van der Waals surface area contributed by atoms with Crippen LogP contribution in [0.4, 0.5) is 0 Å². The number of nitrogens with zero attached hydrogens (tertiary/aromatic N) is 2. The molecule has 1 aromatic heterocycles. The van der Waals surface area contributed by atoms with Gasteiger partial charge in [-0.3, -0.25) is 4.90 Å². The minimum Gasteiger partial charge on any atom is -0.316 e. The third kappa shape index (κ3) is 6.91. The molecule has 1 aromatic carbocycles. The predicted octanol–water partition coefficient (Wildman–Crippen LogP) is 4.22. The van der Waals surface area contributed by atoms with Gasteiger partial charge in [0.05, 0.1) is 11.2 Å². The molecule has 2 aromatic rings. The highest BCUT2D eigenvalue weighted by Gasteiger charge is 2.19. The molecule has 1 aliphatic heterocycles. The fraction of sp³-hybridized carbons (Fsp3) is 0.526. The van der Waals surface area contributed by atoms with E-state index in [1.807, 2.05) is 17.3 Å². The minimum atomic E-state index is 0. The fourth-order valence-corrected chi connectivity index (χ4v) is 4.89. The van der Waals surface area contributed by atoms with Gasteiger partial charge in [0, 0.05) is 36.0 Å². The van der Waals surface area contributed by atoms with Crippen LogP contribution in [-0.2, 0) is 12.3 Å². The van der Waals surface area contributed by atoms with Crippen molar-refractivity contribution in [2.75, 3.05) is 31.9 Å². The maximum absolute atomic E-state index is 4.41. The smallest absolute Gasteiger partial charge is 0.0798 e. The first-order chi connectivity index (χ1) is 11.8. The standard InChI is InChI=1S/C19H27N3S2.ClH/c1-16-19(24-15-21-16)13-22(12-18-7-8-20-11-18)9-10-23-14-17-5-3-2-4-6-17;/h2-6,15,18,20H,7-14H2,1H3;1H. The van der Waals surface area contributed by atoms with Gasteiger partial charge in [-0.1, -0.05) is 30.3 Å². The second-order valence-electron chi connectivity index (χ2n) is 6.49. The first kappa shape index (κ1) is 20.7. The predicted molar refractivity (Wildman–Crippen MR) is 113 cm³/mol. The number of rotatable bonds is 9. The largest absolute Gasteiger partial charge is 0.316 e. The molecule has 6 heteroatoms. The van der Waals surface area contributed by atoms with E-state index in [2.05, 4.69) is 52.5 Å². The summed E-state index contributed by atoms with van der Waals surface area (Å²) in [5.74, 6) is 3.10. The maximum atomic E-state index is 4.41. The molecular formula is C19H28ClN3S2. The van der Waals surface area contributed by atoms with Gasteiger partial charge in [0.15, 0.2) is 0 Å². The normalized spacial score (nSPS) is 17.0. The summed E-state index contributed by atoms with van der Waals surface area (Å²) < 4.78 is 0. The van der Waals surface area contributed by atoms with Crippen molar-refractivity contribution in [1.29, 1.82) is 0 Å². The number of hydrogen-bond acceptors (Lipinski definition) is 5. The van der Waals surface area contributed by atoms with Crippen molar-refractivity contribution in [3.05, 3.63) is 52.0 Å². The van der Waals surface area contributed by atoms with E-state index in [1.54, 1.807) is 11.3 Å². The van der Waals surface area contributed by atoms with E-state index in [0.29, 0.717) is 0 Å². The van der Waals surface area contributed by atoms with Gasteiger partial charge < -0.3 is 5.32 Å². The van der Waals surface area contributed by atoms with Crippen LogP contribution >= 0.6 is 35.5 Å². The third-order valence-corrected chi connectivity index (χ3v) is 6.48. The minimum absolute atomic E-state index is 0. The number of aromatic nitrogens is 1. The van der Waals surface area contributed by atoms with Crippen molar-refractivity contribution in [2.45, 2.75) is 25.6 Å². The Kier molecular flexibility index (Phi) is 9.28. The summed E-state index contributed by atoms with van der Waals surface area (Å²) in [6.45, 7) is 7.90. The van der Waals surface area contributed by atoms with Gasteiger partial charge in [-0.2, -0.15) is 11.8 Å². The second-order valence-corrected chi connectivity index (χ2v) is 8.54. The van der Waals surface area contributed by atoms with Crippen LogP contribution in [0.25, 0.3) is 0 Å². The Hall–Kier alpha value is -0.590. The number of benzene rings is 1. The molecule has 3 rings (SSSR count). The Morgan fingerprint density at radius 2 is 2.16 bits per heavy atom. The number of thioether (sulfide) groups is 1. The molecule has 0 amide bonds. The number of halogens is 1. The Morgan fingerprint density at radius 3 is 2.84 bits per heavy atom. The van der Waals surface area contributed by atoms with E-state index >= 15 is 0 Å². The zero-order valence-corrected chi connectivity index (χ0v) is 17.3. The van der Waals surface area contributed by atoms with E-state index in [4.69, 9.17) is 0 Å². The van der Waals surface area contributed by atoms with Gasteiger partial charge >= 0.3 is 0 Å². The maximum Gasteiger partial charge on any atom is 0.0798 e. The molecule has 3 nitrogen and oxygen atoms in total. The molecule has 2 heterocycles. The molecule has 1 atom stereocenters. The van der Waals surface area contributed by atoms with Crippen molar-refractivity contribution in [1.82, 2.24) is 15.2 Å². The van der Waals surface area contributed by atoms with E-state index in [-0.39, 0.29) is 12.4 Å². The van der Waals surface area contributed by atoms with Crippen molar-refractivity contribution >= 4 is 35.5 Å².